The maximum Gasteiger partial charge on any atom is 0.254 e. The minimum Gasteiger partial charge on any atom is -0.508 e. The van der Waals surface area contributed by atoms with E-state index in [2.05, 4.69) is 19.1 Å². The average molecular weight is 267 g/mol. The van der Waals surface area contributed by atoms with Gasteiger partial charge < -0.3 is 10.0 Å². The molecule has 1 N–H and O–H groups in total. The predicted molar refractivity (Wildman–Crippen MR) is 77.7 cm³/mol. The molecule has 0 fully saturated rings. The van der Waals surface area contributed by atoms with Crippen molar-refractivity contribution in [2.24, 2.45) is 0 Å². The summed E-state index contributed by atoms with van der Waals surface area (Å²) in [6.45, 7) is 3.32. The number of aryl methyl sites for hydroxylation is 1. The summed E-state index contributed by atoms with van der Waals surface area (Å²) >= 11 is 0. The highest BCUT2D eigenvalue weighted by Crippen LogP contribution is 2.27. The second-order valence-electron chi connectivity index (χ2n) is 5.27. The van der Waals surface area contributed by atoms with Gasteiger partial charge in [0.2, 0.25) is 0 Å². The van der Waals surface area contributed by atoms with Crippen LogP contribution in [0.5, 0.6) is 5.75 Å². The summed E-state index contributed by atoms with van der Waals surface area (Å²) in [5.74, 6) is 0.231. The highest BCUT2D eigenvalue weighted by molar-refractivity contribution is 5.97. The zero-order valence-electron chi connectivity index (χ0n) is 11.5. The van der Waals surface area contributed by atoms with Crippen LogP contribution in [-0.4, -0.2) is 22.5 Å². The third-order valence-corrected chi connectivity index (χ3v) is 3.76. The van der Waals surface area contributed by atoms with Gasteiger partial charge in [-0.25, -0.2) is 0 Å². The minimum atomic E-state index is 0.00339. The van der Waals surface area contributed by atoms with E-state index < -0.39 is 0 Å². The lowest BCUT2D eigenvalue weighted by Gasteiger charge is -2.29. The van der Waals surface area contributed by atoms with Gasteiger partial charge in [0.25, 0.3) is 5.91 Å². The Balaban J connectivity index is 1.86. The molecule has 0 aromatic heterocycles. The number of amides is 1. The Morgan fingerprint density at radius 1 is 1.20 bits per heavy atom. The highest BCUT2D eigenvalue weighted by atomic mass is 16.3. The SMILES string of the molecule is Cc1cccc(CN2CCc3c(O)cccc3C2=O)c1. The number of rotatable bonds is 2. The van der Waals surface area contributed by atoms with Crippen molar-refractivity contribution in [2.75, 3.05) is 6.54 Å². The maximum atomic E-state index is 12.5. The lowest BCUT2D eigenvalue weighted by molar-refractivity contribution is 0.0725. The number of carbonyl (C=O) groups excluding carboxylic acids is 1. The van der Waals surface area contributed by atoms with E-state index in [-0.39, 0.29) is 11.7 Å². The largest absolute Gasteiger partial charge is 0.508 e. The summed E-state index contributed by atoms with van der Waals surface area (Å²) in [7, 11) is 0. The third kappa shape index (κ3) is 2.27. The van der Waals surface area contributed by atoms with Crippen LogP contribution < -0.4 is 0 Å². The summed E-state index contributed by atoms with van der Waals surface area (Å²) in [5.41, 5.74) is 3.74. The summed E-state index contributed by atoms with van der Waals surface area (Å²) < 4.78 is 0. The molecular formula is C17H17NO2. The molecule has 1 aliphatic heterocycles. The molecule has 1 heterocycles. The van der Waals surface area contributed by atoms with Crippen LogP contribution in [0, 0.1) is 6.92 Å². The molecule has 0 unspecified atom stereocenters. The number of hydrogen-bond donors (Lipinski definition) is 1. The first-order valence-corrected chi connectivity index (χ1v) is 6.81. The van der Waals surface area contributed by atoms with Gasteiger partial charge in [0, 0.05) is 24.2 Å². The fourth-order valence-electron chi connectivity index (χ4n) is 2.74. The number of fused-ring (bicyclic) bond motifs is 1. The van der Waals surface area contributed by atoms with Gasteiger partial charge >= 0.3 is 0 Å². The molecule has 0 spiro atoms. The topological polar surface area (TPSA) is 40.5 Å². The summed E-state index contributed by atoms with van der Waals surface area (Å²) in [6, 6.07) is 13.4. The number of phenolic OH excluding ortho intramolecular Hbond substituents is 1. The number of benzene rings is 2. The summed E-state index contributed by atoms with van der Waals surface area (Å²) in [4.78, 5) is 14.3. The average Bonchev–Trinajstić information content (AvgIpc) is 2.43. The molecule has 0 saturated carbocycles. The molecular weight excluding hydrogens is 250 g/mol. The quantitative estimate of drug-likeness (QED) is 0.909. The van der Waals surface area contributed by atoms with Crippen LogP contribution in [0.15, 0.2) is 42.5 Å². The van der Waals surface area contributed by atoms with E-state index in [1.807, 2.05) is 17.0 Å². The van der Waals surface area contributed by atoms with Crippen molar-refractivity contribution in [3.8, 4) is 5.75 Å². The van der Waals surface area contributed by atoms with Crippen molar-refractivity contribution >= 4 is 5.91 Å². The van der Waals surface area contributed by atoms with Gasteiger partial charge in [0.15, 0.2) is 0 Å². The molecule has 20 heavy (non-hydrogen) atoms. The normalized spacial score (nSPS) is 14.2. The van der Waals surface area contributed by atoms with E-state index in [0.29, 0.717) is 25.1 Å². The Labute approximate surface area is 118 Å². The summed E-state index contributed by atoms with van der Waals surface area (Å²) in [6.07, 6.45) is 0.708. The Hall–Kier alpha value is -2.29. The Kier molecular flexibility index (Phi) is 3.18. The summed E-state index contributed by atoms with van der Waals surface area (Å²) in [5, 5.41) is 9.82. The molecule has 0 atom stereocenters. The molecule has 3 heteroatoms. The van der Waals surface area contributed by atoms with Gasteiger partial charge in [-0.15, -0.1) is 0 Å². The van der Waals surface area contributed by atoms with Crippen molar-refractivity contribution in [1.82, 2.24) is 4.90 Å². The maximum absolute atomic E-state index is 12.5. The smallest absolute Gasteiger partial charge is 0.254 e. The van der Waals surface area contributed by atoms with E-state index in [1.54, 1.807) is 18.2 Å². The van der Waals surface area contributed by atoms with Crippen LogP contribution in [0.25, 0.3) is 0 Å². The Morgan fingerprint density at radius 2 is 2.00 bits per heavy atom. The fraction of sp³-hybridized carbons (Fsp3) is 0.235. The molecule has 3 nitrogen and oxygen atoms in total. The molecule has 3 rings (SSSR count). The highest BCUT2D eigenvalue weighted by Gasteiger charge is 2.25. The molecule has 2 aromatic carbocycles. The Bertz CT molecular complexity index is 664. The first-order valence-electron chi connectivity index (χ1n) is 6.81. The van der Waals surface area contributed by atoms with Crippen LogP contribution in [0.4, 0.5) is 0 Å². The van der Waals surface area contributed by atoms with Crippen molar-refractivity contribution in [3.63, 3.8) is 0 Å². The molecule has 1 aliphatic rings. The second-order valence-corrected chi connectivity index (χ2v) is 5.27. The number of nitrogens with zero attached hydrogens (tertiary/aromatic N) is 1. The van der Waals surface area contributed by atoms with E-state index in [0.717, 1.165) is 11.1 Å². The van der Waals surface area contributed by atoms with Gasteiger partial charge in [0.05, 0.1) is 0 Å². The van der Waals surface area contributed by atoms with Gasteiger partial charge in [-0.3, -0.25) is 4.79 Å². The van der Waals surface area contributed by atoms with Crippen molar-refractivity contribution in [3.05, 3.63) is 64.7 Å². The zero-order valence-corrected chi connectivity index (χ0v) is 11.5. The predicted octanol–water partition coefficient (Wildman–Crippen LogP) is 2.90. The Morgan fingerprint density at radius 3 is 2.80 bits per heavy atom. The molecule has 0 saturated heterocycles. The van der Waals surface area contributed by atoms with Crippen LogP contribution in [0.1, 0.15) is 27.0 Å². The van der Waals surface area contributed by atoms with Gasteiger partial charge in [-0.1, -0.05) is 35.9 Å². The lowest BCUT2D eigenvalue weighted by atomic mass is 9.97. The minimum absolute atomic E-state index is 0.00339. The van der Waals surface area contributed by atoms with Gasteiger partial charge in [-0.05, 0) is 31.0 Å². The molecule has 0 bridgehead atoms. The molecule has 1 amide bonds. The number of aromatic hydroxyl groups is 1. The van der Waals surface area contributed by atoms with E-state index in [9.17, 15) is 9.90 Å². The monoisotopic (exact) mass is 267 g/mol. The van der Waals surface area contributed by atoms with Crippen LogP contribution in [0.3, 0.4) is 0 Å². The van der Waals surface area contributed by atoms with Gasteiger partial charge in [0.1, 0.15) is 5.75 Å². The van der Waals surface area contributed by atoms with Crippen molar-refractivity contribution in [2.45, 2.75) is 19.9 Å². The van der Waals surface area contributed by atoms with Crippen LogP contribution in [0.2, 0.25) is 0 Å². The third-order valence-electron chi connectivity index (χ3n) is 3.76. The standard InChI is InChI=1S/C17H17NO2/c1-12-4-2-5-13(10-12)11-18-9-8-14-15(17(18)20)6-3-7-16(14)19/h2-7,10,19H,8-9,11H2,1H3. The van der Waals surface area contributed by atoms with Crippen LogP contribution >= 0.6 is 0 Å². The van der Waals surface area contributed by atoms with Gasteiger partial charge in [-0.2, -0.15) is 0 Å². The molecule has 0 aliphatic carbocycles. The number of hydrogen-bond acceptors (Lipinski definition) is 2. The number of phenols is 1. The van der Waals surface area contributed by atoms with Crippen molar-refractivity contribution < 1.29 is 9.90 Å². The van der Waals surface area contributed by atoms with E-state index >= 15 is 0 Å². The number of carbonyl (C=O) groups is 1. The first kappa shape index (κ1) is 12.7. The molecule has 102 valence electrons. The van der Waals surface area contributed by atoms with E-state index in [4.69, 9.17) is 0 Å². The molecule has 0 radical (unpaired) electrons. The van der Waals surface area contributed by atoms with Crippen LogP contribution in [-0.2, 0) is 13.0 Å². The first-order chi connectivity index (χ1) is 9.65. The zero-order chi connectivity index (χ0) is 14.1. The second kappa shape index (κ2) is 5.00. The van der Waals surface area contributed by atoms with E-state index in [1.165, 1.54) is 5.56 Å². The molecule has 2 aromatic rings. The fourth-order valence-corrected chi connectivity index (χ4v) is 2.74. The van der Waals surface area contributed by atoms with Crippen molar-refractivity contribution in [1.29, 1.82) is 0 Å². The lowest BCUT2D eigenvalue weighted by Crippen LogP contribution is -2.37.